The van der Waals surface area contributed by atoms with E-state index in [0.717, 1.165) is 31.4 Å². The van der Waals surface area contributed by atoms with Crippen LogP contribution in [0.4, 0.5) is 5.69 Å². The number of likely N-dealkylation sites (N-methyl/N-ethyl adjacent to an activating group) is 1. The van der Waals surface area contributed by atoms with Crippen LogP contribution in [-0.4, -0.2) is 23.4 Å². The summed E-state index contributed by atoms with van der Waals surface area (Å²) in [6.07, 6.45) is 3.14. The van der Waals surface area contributed by atoms with Gasteiger partial charge in [0.15, 0.2) is 0 Å². The van der Waals surface area contributed by atoms with Gasteiger partial charge in [-0.3, -0.25) is 15.0 Å². The molecular weight excluding hydrogens is 216 g/mol. The molecule has 1 aliphatic heterocycles. The van der Waals surface area contributed by atoms with Gasteiger partial charge in [-0.1, -0.05) is 19.4 Å². The van der Waals surface area contributed by atoms with Gasteiger partial charge in [0.2, 0.25) is 0 Å². The van der Waals surface area contributed by atoms with Gasteiger partial charge >= 0.3 is 0 Å². The van der Waals surface area contributed by atoms with Crippen LogP contribution >= 0.6 is 0 Å². The molecule has 1 unspecified atom stereocenters. The molecule has 0 spiro atoms. The SMILES string of the molecule is CCCC1c2cc([N+](=O)[O-])ccc2CCN1C. The molecule has 0 saturated carbocycles. The van der Waals surface area contributed by atoms with E-state index in [-0.39, 0.29) is 10.6 Å². The third-order valence-electron chi connectivity index (χ3n) is 3.53. The number of fused-ring (bicyclic) bond motifs is 1. The first kappa shape index (κ1) is 12.0. The second-order valence-electron chi connectivity index (χ2n) is 4.68. The fourth-order valence-electron chi connectivity index (χ4n) is 2.57. The second kappa shape index (κ2) is 4.84. The molecule has 4 heteroatoms. The van der Waals surface area contributed by atoms with Crippen molar-refractivity contribution >= 4 is 5.69 Å². The van der Waals surface area contributed by atoms with Crippen LogP contribution in [0.5, 0.6) is 0 Å². The molecule has 1 aliphatic rings. The molecule has 1 heterocycles. The quantitative estimate of drug-likeness (QED) is 0.596. The number of nitro groups is 1. The monoisotopic (exact) mass is 234 g/mol. The third kappa shape index (κ3) is 2.31. The van der Waals surface area contributed by atoms with Gasteiger partial charge in [-0.2, -0.15) is 0 Å². The van der Waals surface area contributed by atoms with Crippen molar-refractivity contribution in [3.05, 3.63) is 39.4 Å². The van der Waals surface area contributed by atoms with E-state index in [4.69, 9.17) is 0 Å². The minimum absolute atomic E-state index is 0.208. The average molecular weight is 234 g/mol. The lowest BCUT2D eigenvalue weighted by Gasteiger charge is -2.34. The Labute approximate surface area is 101 Å². The number of rotatable bonds is 3. The molecule has 4 nitrogen and oxygen atoms in total. The lowest BCUT2D eigenvalue weighted by molar-refractivity contribution is -0.385. The fraction of sp³-hybridized carbons (Fsp3) is 0.538. The van der Waals surface area contributed by atoms with Crippen LogP contribution in [0, 0.1) is 10.1 Å². The van der Waals surface area contributed by atoms with Crippen LogP contribution in [0.1, 0.15) is 36.9 Å². The minimum Gasteiger partial charge on any atom is -0.299 e. The Balaban J connectivity index is 2.41. The van der Waals surface area contributed by atoms with E-state index < -0.39 is 0 Å². The molecule has 17 heavy (non-hydrogen) atoms. The van der Waals surface area contributed by atoms with E-state index in [1.54, 1.807) is 12.1 Å². The van der Waals surface area contributed by atoms with Crippen LogP contribution in [0.25, 0.3) is 0 Å². The predicted octanol–water partition coefficient (Wildman–Crippen LogP) is 2.92. The van der Waals surface area contributed by atoms with Crippen molar-refractivity contribution in [2.75, 3.05) is 13.6 Å². The Morgan fingerprint density at radius 1 is 1.53 bits per heavy atom. The first-order chi connectivity index (χ1) is 8.13. The summed E-state index contributed by atoms with van der Waals surface area (Å²) in [5.74, 6) is 0. The minimum atomic E-state index is -0.308. The summed E-state index contributed by atoms with van der Waals surface area (Å²) in [6, 6.07) is 5.63. The smallest absolute Gasteiger partial charge is 0.269 e. The highest BCUT2D eigenvalue weighted by Gasteiger charge is 2.25. The molecular formula is C13H18N2O2. The second-order valence-corrected chi connectivity index (χ2v) is 4.68. The van der Waals surface area contributed by atoms with Gasteiger partial charge in [-0.15, -0.1) is 0 Å². The summed E-state index contributed by atoms with van der Waals surface area (Å²) in [4.78, 5) is 12.8. The molecule has 0 amide bonds. The molecule has 0 saturated heterocycles. The molecule has 0 radical (unpaired) electrons. The summed E-state index contributed by atoms with van der Waals surface area (Å²) in [5, 5.41) is 10.8. The highest BCUT2D eigenvalue weighted by molar-refractivity contribution is 5.42. The van der Waals surface area contributed by atoms with Gasteiger partial charge < -0.3 is 0 Å². The number of hydrogen-bond acceptors (Lipinski definition) is 3. The first-order valence-corrected chi connectivity index (χ1v) is 6.11. The van der Waals surface area contributed by atoms with Crippen molar-refractivity contribution in [2.45, 2.75) is 32.2 Å². The highest BCUT2D eigenvalue weighted by atomic mass is 16.6. The standard InChI is InChI=1S/C13H18N2O2/c1-3-4-13-12-9-11(15(16)17)6-5-10(12)7-8-14(13)2/h5-6,9,13H,3-4,7-8H2,1-2H3. The molecule has 0 aromatic heterocycles. The zero-order chi connectivity index (χ0) is 12.4. The van der Waals surface area contributed by atoms with E-state index in [9.17, 15) is 10.1 Å². The van der Waals surface area contributed by atoms with Crippen LogP contribution in [0.3, 0.4) is 0 Å². The maximum absolute atomic E-state index is 10.8. The average Bonchev–Trinajstić information content (AvgIpc) is 2.32. The summed E-state index contributed by atoms with van der Waals surface area (Å²) < 4.78 is 0. The Hall–Kier alpha value is -1.42. The zero-order valence-electron chi connectivity index (χ0n) is 10.3. The Bertz CT molecular complexity index is 431. The highest BCUT2D eigenvalue weighted by Crippen LogP contribution is 2.34. The third-order valence-corrected chi connectivity index (χ3v) is 3.53. The van der Waals surface area contributed by atoms with Gasteiger partial charge in [0.25, 0.3) is 5.69 Å². The Morgan fingerprint density at radius 3 is 2.94 bits per heavy atom. The first-order valence-electron chi connectivity index (χ1n) is 6.11. The normalized spacial score (nSPS) is 20.0. The number of nitro benzene ring substituents is 1. The van der Waals surface area contributed by atoms with E-state index in [0.29, 0.717) is 6.04 Å². The zero-order valence-corrected chi connectivity index (χ0v) is 10.3. The number of nitrogens with zero attached hydrogens (tertiary/aromatic N) is 2. The molecule has 0 bridgehead atoms. The van der Waals surface area contributed by atoms with Crippen LogP contribution in [0.2, 0.25) is 0 Å². The summed E-state index contributed by atoms with van der Waals surface area (Å²) in [6.45, 7) is 3.19. The lowest BCUT2D eigenvalue weighted by atomic mass is 9.90. The van der Waals surface area contributed by atoms with Crippen molar-refractivity contribution in [3.63, 3.8) is 0 Å². The fourth-order valence-corrected chi connectivity index (χ4v) is 2.57. The summed E-state index contributed by atoms with van der Waals surface area (Å²) >= 11 is 0. The molecule has 0 N–H and O–H groups in total. The molecule has 2 rings (SSSR count). The van der Waals surface area contributed by atoms with Crippen LogP contribution in [-0.2, 0) is 6.42 Å². The molecule has 1 aromatic carbocycles. The van der Waals surface area contributed by atoms with Crippen LogP contribution < -0.4 is 0 Å². The van der Waals surface area contributed by atoms with Crippen LogP contribution in [0.15, 0.2) is 18.2 Å². The van der Waals surface area contributed by atoms with Gasteiger partial charge in [-0.05, 0) is 31.0 Å². The van der Waals surface area contributed by atoms with Gasteiger partial charge in [-0.25, -0.2) is 0 Å². The molecule has 0 aliphatic carbocycles. The molecule has 1 aromatic rings. The number of non-ortho nitro benzene ring substituents is 1. The number of hydrogen-bond donors (Lipinski definition) is 0. The predicted molar refractivity (Wildman–Crippen MR) is 67.1 cm³/mol. The Kier molecular flexibility index (Phi) is 3.43. The van der Waals surface area contributed by atoms with Gasteiger partial charge in [0.1, 0.15) is 0 Å². The van der Waals surface area contributed by atoms with E-state index in [1.165, 1.54) is 5.56 Å². The maximum Gasteiger partial charge on any atom is 0.269 e. The Morgan fingerprint density at radius 2 is 2.29 bits per heavy atom. The maximum atomic E-state index is 10.8. The topological polar surface area (TPSA) is 46.4 Å². The van der Waals surface area contributed by atoms with Crippen molar-refractivity contribution in [1.82, 2.24) is 4.90 Å². The molecule has 1 atom stereocenters. The van der Waals surface area contributed by atoms with E-state index in [1.807, 2.05) is 6.07 Å². The van der Waals surface area contributed by atoms with E-state index >= 15 is 0 Å². The van der Waals surface area contributed by atoms with E-state index in [2.05, 4.69) is 18.9 Å². The number of benzene rings is 1. The largest absolute Gasteiger partial charge is 0.299 e. The van der Waals surface area contributed by atoms with Crippen molar-refractivity contribution in [3.8, 4) is 0 Å². The lowest BCUT2D eigenvalue weighted by Crippen LogP contribution is -2.32. The van der Waals surface area contributed by atoms with Gasteiger partial charge in [0.05, 0.1) is 4.92 Å². The summed E-state index contributed by atoms with van der Waals surface area (Å²) in [7, 11) is 2.10. The van der Waals surface area contributed by atoms with Crippen molar-refractivity contribution < 1.29 is 4.92 Å². The molecule has 92 valence electrons. The van der Waals surface area contributed by atoms with Gasteiger partial charge in [0, 0.05) is 24.7 Å². The van der Waals surface area contributed by atoms with Crippen molar-refractivity contribution in [2.24, 2.45) is 0 Å². The molecule has 0 fully saturated rings. The van der Waals surface area contributed by atoms with Crippen molar-refractivity contribution in [1.29, 1.82) is 0 Å². The summed E-state index contributed by atoms with van der Waals surface area (Å²) in [5.41, 5.74) is 2.63.